The number of fused-ring (bicyclic) bond motifs is 3. The highest BCUT2D eigenvalue weighted by molar-refractivity contribution is 6.05. The molecule has 21 heavy (non-hydrogen) atoms. The predicted molar refractivity (Wildman–Crippen MR) is 87.2 cm³/mol. The van der Waals surface area contributed by atoms with E-state index in [4.69, 9.17) is 4.98 Å². The van der Waals surface area contributed by atoms with Gasteiger partial charge in [0, 0.05) is 22.5 Å². The topological polar surface area (TPSA) is 25.8 Å². The molecule has 0 atom stereocenters. The maximum atomic E-state index is 4.80. The van der Waals surface area contributed by atoms with Gasteiger partial charge in [-0.25, -0.2) is 4.98 Å². The fourth-order valence-electron chi connectivity index (χ4n) is 2.65. The van der Waals surface area contributed by atoms with Crippen LogP contribution in [0.15, 0.2) is 66.9 Å². The fourth-order valence-corrected chi connectivity index (χ4v) is 2.65. The monoisotopic (exact) mass is 270 g/mol. The molecule has 0 unspecified atom stereocenters. The average molecular weight is 270 g/mol. The van der Waals surface area contributed by atoms with Crippen molar-refractivity contribution < 1.29 is 0 Å². The molecule has 0 aliphatic rings. The molecule has 2 heterocycles. The number of benzene rings is 2. The number of nitrogens with zero attached hydrogens (tertiary/aromatic N) is 2. The number of rotatable bonds is 1. The lowest BCUT2D eigenvalue weighted by Crippen LogP contribution is -1.87. The van der Waals surface area contributed by atoms with Crippen molar-refractivity contribution in [2.45, 2.75) is 6.92 Å². The average Bonchev–Trinajstić information content (AvgIpc) is 2.55. The van der Waals surface area contributed by atoms with E-state index in [2.05, 4.69) is 54.4 Å². The quantitative estimate of drug-likeness (QED) is 0.466. The van der Waals surface area contributed by atoms with Gasteiger partial charge in [-0.2, -0.15) is 0 Å². The molecule has 0 saturated carbocycles. The van der Waals surface area contributed by atoms with Crippen LogP contribution in [-0.4, -0.2) is 9.97 Å². The van der Waals surface area contributed by atoms with E-state index in [0.717, 1.165) is 33.1 Å². The third-order valence-corrected chi connectivity index (χ3v) is 3.80. The second kappa shape index (κ2) is 4.67. The lowest BCUT2D eigenvalue weighted by atomic mass is 10.1. The van der Waals surface area contributed by atoms with Crippen LogP contribution in [-0.2, 0) is 0 Å². The smallest absolute Gasteiger partial charge is 0.0717 e. The van der Waals surface area contributed by atoms with E-state index in [1.807, 2.05) is 24.4 Å². The Labute approximate surface area is 123 Å². The van der Waals surface area contributed by atoms with E-state index in [1.165, 1.54) is 5.56 Å². The van der Waals surface area contributed by atoms with Crippen molar-refractivity contribution in [2.75, 3.05) is 0 Å². The molecule has 0 bridgehead atoms. The van der Waals surface area contributed by atoms with Gasteiger partial charge in [0.2, 0.25) is 0 Å². The molecule has 0 fully saturated rings. The highest BCUT2D eigenvalue weighted by Gasteiger charge is 2.05. The van der Waals surface area contributed by atoms with E-state index < -0.39 is 0 Å². The first-order chi connectivity index (χ1) is 10.3. The third-order valence-electron chi connectivity index (χ3n) is 3.80. The Balaban J connectivity index is 1.94. The molecular formula is C19H14N2. The third kappa shape index (κ3) is 2.05. The second-order valence-electron chi connectivity index (χ2n) is 5.26. The molecule has 0 radical (unpaired) electrons. The lowest BCUT2D eigenvalue weighted by Gasteiger charge is -2.06. The van der Waals surface area contributed by atoms with E-state index >= 15 is 0 Å². The van der Waals surface area contributed by atoms with E-state index in [9.17, 15) is 0 Å². The zero-order chi connectivity index (χ0) is 14.2. The van der Waals surface area contributed by atoms with Crippen LogP contribution >= 0.6 is 0 Å². The van der Waals surface area contributed by atoms with Gasteiger partial charge in [0.25, 0.3) is 0 Å². The van der Waals surface area contributed by atoms with Crippen LogP contribution in [0.5, 0.6) is 0 Å². The zero-order valence-electron chi connectivity index (χ0n) is 11.7. The molecule has 0 aliphatic carbocycles. The summed E-state index contributed by atoms with van der Waals surface area (Å²) in [6.07, 6.45) is 1.82. The standard InChI is InChI=1S/C19H14N2/c1-13-4-6-14(7-5-13)17-9-8-16-15-3-2-12-20-18(15)10-11-19(16)21-17/h2-12H,1H3. The molecule has 2 aromatic carbocycles. The van der Waals surface area contributed by atoms with Crippen LogP contribution in [0.2, 0.25) is 0 Å². The van der Waals surface area contributed by atoms with Crippen molar-refractivity contribution in [1.82, 2.24) is 9.97 Å². The summed E-state index contributed by atoms with van der Waals surface area (Å²) in [5.74, 6) is 0. The van der Waals surface area contributed by atoms with Gasteiger partial charge in [0.05, 0.1) is 16.7 Å². The molecule has 0 saturated heterocycles. The Morgan fingerprint density at radius 1 is 0.714 bits per heavy atom. The summed E-state index contributed by atoms with van der Waals surface area (Å²) in [7, 11) is 0. The van der Waals surface area contributed by atoms with Crippen LogP contribution in [0.1, 0.15) is 5.56 Å². The Kier molecular flexibility index (Phi) is 2.68. The molecule has 4 rings (SSSR count). The molecule has 0 amide bonds. The van der Waals surface area contributed by atoms with Crippen LogP contribution < -0.4 is 0 Å². The molecule has 2 heteroatoms. The van der Waals surface area contributed by atoms with E-state index in [1.54, 1.807) is 0 Å². The van der Waals surface area contributed by atoms with Crippen LogP contribution in [0.25, 0.3) is 33.1 Å². The van der Waals surface area contributed by atoms with E-state index in [0.29, 0.717) is 0 Å². The van der Waals surface area contributed by atoms with Crippen LogP contribution in [0.3, 0.4) is 0 Å². The normalized spacial score (nSPS) is 11.1. The van der Waals surface area contributed by atoms with Crippen LogP contribution in [0, 0.1) is 6.92 Å². The van der Waals surface area contributed by atoms with Gasteiger partial charge < -0.3 is 0 Å². The Hall–Kier alpha value is -2.74. The SMILES string of the molecule is Cc1ccc(-c2ccc3c(ccc4ncccc43)n2)cc1. The highest BCUT2D eigenvalue weighted by atomic mass is 14.7. The van der Waals surface area contributed by atoms with Crippen molar-refractivity contribution in [3.63, 3.8) is 0 Å². The zero-order valence-corrected chi connectivity index (χ0v) is 11.7. The van der Waals surface area contributed by atoms with Crippen LogP contribution in [0.4, 0.5) is 0 Å². The van der Waals surface area contributed by atoms with Crippen molar-refractivity contribution in [3.05, 3.63) is 72.4 Å². The number of aryl methyl sites for hydroxylation is 1. The largest absolute Gasteiger partial charge is 0.256 e. The summed E-state index contributed by atoms with van der Waals surface area (Å²) in [6, 6.07) is 20.8. The molecule has 0 N–H and O–H groups in total. The van der Waals surface area contributed by atoms with Gasteiger partial charge in [-0.1, -0.05) is 35.9 Å². The van der Waals surface area contributed by atoms with Crippen molar-refractivity contribution in [2.24, 2.45) is 0 Å². The predicted octanol–water partition coefficient (Wildman–Crippen LogP) is 4.76. The van der Waals surface area contributed by atoms with Gasteiger partial charge in [0.1, 0.15) is 0 Å². The van der Waals surface area contributed by atoms with Gasteiger partial charge in [-0.05, 0) is 37.3 Å². The Morgan fingerprint density at radius 2 is 1.48 bits per heavy atom. The summed E-state index contributed by atoms with van der Waals surface area (Å²) < 4.78 is 0. The Morgan fingerprint density at radius 3 is 2.33 bits per heavy atom. The lowest BCUT2D eigenvalue weighted by molar-refractivity contribution is 1.38. The minimum absolute atomic E-state index is 1.01. The number of hydrogen-bond acceptors (Lipinski definition) is 2. The van der Waals surface area contributed by atoms with Crippen molar-refractivity contribution >= 4 is 21.8 Å². The summed E-state index contributed by atoms with van der Waals surface area (Å²) in [6.45, 7) is 2.09. The summed E-state index contributed by atoms with van der Waals surface area (Å²) in [4.78, 5) is 9.19. The molecular weight excluding hydrogens is 256 g/mol. The van der Waals surface area contributed by atoms with E-state index in [-0.39, 0.29) is 0 Å². The molecule has 4 aromatic rings. The minimum Gasteiger partial charge on any atom is -0.256 e. The molecule has 100 valence electrons. The van der Waals surface area contributed by atoms with Gasteiger partial charge in [-0.15, -0.1) is 0 Å². The fraction of sp³-hybridized carbons (Fsp3) is 0.0526. The summed E-state index contributed by atoms with van der Waals surface area (Å²) in [5.41, 5.74) is 5.43. The highest BCUT2D eigenvalue weighted by Crippen LogP contribution is 2.26. The Bertz CT molecular complexity index is 940. The van der Waals surface area contributed by atoms with Crippen molar-refractivity contribution in [1.29, 1.82) is 0 Å². The molecule has 2 nitrogen and oxygen atoms in total. The first-order valence-electron chi connectivity index (χ1n) is 7.03. The second-order valence-corrected chi connectivity index (χ2v) is 5.26. The number of hydrogen-bond donors (Lipinski definition) is 0. The minimum atomic E-state index is 1.01. The maximum Gasteiger partial charge on any atom is 0.0717 e. The number of pyridine rings is 2. The maximum absolute atomic E-state index is 4.80. The molecule has 2 aromatic heterocycles. The van der Waals surface area contributed by atoms with Gasteiger partial charge >= 0.3 is 0 Å². The first kappa shape index (κ1) is 12.0. The van der Waals surface area contributed by atoms with Gasteiger partial charge in [0.15, 0.2) is 0 Å². The summed E-state index contributed by atoms with van der Waals surface area (Å²) in [5, 5.41) is 2.30. The molecule has 0 spiro atoms. The van der Waals surface area contributed by atoms with Crippen molar-refractivity contribution in [3.8, 4) is 11.3 Å². The number of aromatic nitrogens is 2. The first-order valence-corrected chi connectivity index (χ1v) is 7.03. The van der Waals surface area contributed by atoms with Gasteiger partial charge in [-0.3, -0.25) is 4.98 Å². The molecule has 0 aliphatic heterocycles. The summed E-state index contributed by atoms with van der Waals surface area (Å²) >= 11 is 0.